The highest BCUT2D eigenvalue weighted by Crippen LogP contribution is 2.25. The van der Waals surface area contributed by atoms with E-state index >= 15 is 0 Å². The molecule has 92 valence electrons. The second-order valence-electron chi connectivity index (χ2n) is 3.65. The number of hydrogen-bond donors (Lipinski definition) is 0. The third-order valence-corrected chi connectivity index (χ3v) is 2.97. The van der Waals surface area contributed by atoms with E-state index < -0.39 is 0 Å². The van der Waals surface area contributed by atoms with Gasteiger partial charge in [0, 0.05) is 5.56 Å². The summed E-state index contributed by atoms with van der Waals surface area (Å²) in [5.74, 6) is -0.0314. The Kier molecular flexibility index (Phi) is 4.10. The Hall–Kier alpha value is -1.68. The van der Waals surface area contributed by atoms with Gasteiger partial charge in [-0.1, -0.05) is 30.3 Å². The van der Waals surface area contributed by atoms with Gasteiger partial charge in [0.05, 0.1) is 4.47 Å². The Bertz CT molecular complexity index is 555. The van der Waals surface area contributed by atoms with Crippen LogP contribution in [0.5, 0.6) is 5.75 Å². The topological polar surface area (TPSA) is 26.3 Å². The summed E-state index contributed by atoms with van der Waals surface area (Å²) in [5, 5.41) is 0. The van der Waals surface area contributed by atoms with Gasteiger partial charge in [0.15, 0.2) is 12.4 Å². The van der Waals surface area contributed by atoms with Crippen molar-refractivity contribution in [1.29, 1.82) is 0 Å². The molecule has 0 heterocycles. The van der Waals surface area contributed by atoms with Crippen LogP contribution in [0, 0.1) is 5.82 Å². The Morgan fingerprint density at radius 1 is 1.17 bits per heavy atom. The van der Waals surface area contributed by atoms with E-state index in [-0.39, 0.29) is 18.2 Å². The third kappa shape index (κ3) is 3.17. The zero-order valence-electron chi connectivity index (χ0n) is 9.40. The molecule has 0 aliphatic rings. The maximum absolute atomic E-state index is 12.9. The van der Waals surface area contributed by atoms with E-state index in [9.17, 15) is 9.18 Å². The molecule has 0 saturated heterocycles. The van der Waals surface area contributed by atoms with E-state index in [1.165, 1.54) is 18.2 Å². The average molecular weight is 309 g/mol. The van der Waals surface area contributed by atoms with Gasteiger partial charge < -0.3 is 4.74 Å². The molecule has 0 N–H and O–H groups in total. The van der Waals surface area contributed by atoms with Gasteiger partial charge >= 0.3 is 0 Å². The molecule has 4 heteroatoms. The highest BCUT2D eigenvalue weighted by Gasteiger charge is 2.08. The molecule has 2 rings (SSSR count). The van der Waals surface area contributed by atoms with Gasteiger partial charge in [-0.15, -0.1) is 0 Å². The Balaban J connectivity index is 2.02. The first-order chi connectivity index (χ1) is 8.66. The van der Waals surface area contributed by atoms with Crippen molar-refractivity contribution in [3.05, 3.63) is 64.4 Å². The third-order valence-electron chi connectivity index (χ3n) is 2.35. The van der Waals surface area contributed by atoms with Gasteiger partial charge in [-0.3, -0.25) is 4.79 Å². The molecule has 0 fully saturated rings. The molecule has 2 nitrogen and oxygen atoms in total. The molecule has 18 heavy (non-hydrogen) atoms. The number of carbonyl (C=O) groups is 1. The largest absolute Gasteiger partial charge is 0.484 e. The SMILES string of the molecule is O=C(COc1ccc(F)cc1Br)c1ccccc1. The summed E-state index contributed by atoms with van der Waals surface area (Å²) in [4.78, 5) is 11.8. The summed E-state index contributed by atoms with van der Waals surface area (Å²) in [6.07, 6.45) is 0. The van der Waals surface area contributed by atoms with E-state index in [1.54, 1.807) is 24.3 Å². The molecule has 0 amide bonds. The first kappa shape index (κ1) is 12.8. The van der Waals surface area contributed by atoms with Crippen LogP contribution in [0.15, 0.2) is 53.0 Å². The van der Waals surface area contributed by atoms with E-state index in [1.807, 2.05) is 6.07 Å². The molecule has 0 unspecified atom stereocenters. The van der Waals surface area contributed by atoms with Crippen molar-refractivity contribution < 1.29 is 13.9 Å². The number of Topliss-reactive ketones (excluding diaryl/α,β-unsaturated/α-hetero) is 1. The average Bonchev–Trinajstić information content (AvgIpc) is 2.38. The van der Waals surface area contributed by atoms with Gasteiger partial charge in [-0.2, -0.15) is 0 Å². The molecule has 0 saturated carbocycles. The van der Waals surface area contributed by atoms with Crippen LogP contribution >= 0.6 is 15.9 Å². The molecule has 0 atom stereocenters. The minimum absolute atomic E-state index is 0.0752. The molecule has 0 spiro atoms. The number of benzene rings is 2. The minimum Gasteiger partial charge on any atom is -0.484 e. The van der Waals surface area contributed by atoms with E-state index in [0.29, 0.717) is 15.8 Å². The predicted octanol–water partition coefficient (Wildman–Crippen LogP) is 3.85. The summed E-state index contributed by atoms with van der Waals surface area (Å²) in [5.41, 5.74) is 0.593. The van der Waals surface area contributed by atoms with Crippen LogP contribution in [-0.4, -0.2) is 12.4 Å². The highest BCUT2D eigenvalue weighted by atomic mass is 79.9. The zero-order valence-corrected chi connectivity index (χ0v) is 11.0. The van der Waals surface area contributed by atoms with Crippen molar-refractivity contribution in [2.75, 3.05) is 6.61 Å². The lowest BCUT2D eigenvalue weighted by molar-refractivity contribution is 0.0921. The molecule has 0 aromatic heterocycles. The van der Waals surface area contributed by atoms with E-state index in [0.717, 1.165) is 0 Å². The molecular weight excluding hydrogens is 299 g/mol. The molecule has 2 aromatic carbocycles. The predicted molar refractivity (Wildman–Crippen MR) is 70.4 cm³/mol. The van der Waals surface area contributed by atoms with E-state index in [4.69, 9.17) is 4.74 Å². The molecular formula is C14H10BrFO2. The second-order valence-corrected chi connectivity index (χ2v) is 4.51. The van der Waals surface area contributed by atoms with Crippen molar-refractivity contribution in [2.45, 2.75) is 0 Å². The van der Waals surface area contributed by atoms with Crippen molar-refractivity contribution in [3.8, 4) is 5.75 Å². The smallest absolute Gasteiger partial charge is 0.200 e. The lowest BCUT2D eigenvalue weighted by Crippen LogP contribution is -2.11. The summed E-state index contributed by atoms with van der Waals surface area (Å²) < 4.78 is 18.7. The monoisotopic (exact) mass is 308 g/mol. The van der Waals surface area contributed by atoms with Crippen LogP contribution < -0.4 is 4.74 Å². The van der Waals surface area contributed by atoms with Gasteiger partial charge in [0.2, 0.25) is 0 Å². The molecule has 0 aliphatic carbocycles. The number of carbonyl (C=O) groups excluding carboxylic acids is 1. The fourth-order valence-electron chi connectivity index (χ4n) is 1.44. The first-order valence-corrected chi connectivity index (χ1v) is 6.12. The van der Waals surface area contributed by atoms with Crippen LogP contribution in [0.1, 0.15) is 10.4 Å². The standard InChI is InChI=1S/C14H10BrFO2/c15-12-8-11(16)6-7-14(12)18-9-13(17)10-4-2-1-3-5-10/h1-8H,9H2. The lowest BCUT2D eigenvalue weighted by Gasteiger charge is -2.07. The maximum Gasteiger partial charge on any atom is 0.200 e. The first-order valence-electron chi connectivity index (χ1n) is 5.33. The van der Waals surface area contributed by atoms with Gasteiger partial charge in [-0.25, -0.2) is 4.39 Å². The van der Waals surface area contributed by atoms with Crippen LogP contribution in [0.4, 0.5) is 4.39 Å². The van der Waals surface area contributed by atoms with Crippen molar-refractivity contribution >= 4 is 21.7 Å². The Labute approximate surface area is 113 Å². The fraction of sp³-hybridized carbons (Fsp3) is 0.0714. The van der Waals surface area contributed by atoms with Crippen molar-refractivity contribution in [3.63, 3.8) is 0 Å². The van der Waals surface area contributed by atoms with Crippen LogP contribution in [-0.2, 0) is 0 Å². The number of hydrogen-bond acceptors (Lipinski definition) is 2. The van der Waals surface area contributed by atoms with Crippen molar-refractivity contribution in [1.82, 2.24) is 0 Å². The number of ketones is 1. The van der Waals surface area contributed by atoms with E-state index in [2.05, 4.69) is 15.9 Å². The summed E-state index contributed by atoms with van der Waals surface area (Å²) >= 11 is 3.18. The summed E-state index contributed by atoms with van der Waals surface area (Å²) in [6.45, 7) is -0.0752. The van der Waals surface area contributed by atoms with Gasteiger partial charge in [0.25, 0.3) is 0 Å². The number of rotatable bonds is 4. The molecule has 0 bridgehead atoms. The van der Waals surface area contributed by atoms with Gasteiger partial charge in [0.1, 0.15) is 11.6 Å². The quantitative estimate of drug-likeness (QED) is 0.802. The van der Waals surface area contributed by atoms with Crippen molar-refractivity contribution in [2.24, 2.45) is 0 Å². The Morgan fingerprint density at radius 3 is 2.56 bits per heavy atom. The molecule has 0 aliphatic heterocycles. The van der Waals surface area contributed by atoms with Crippen LogP contribution in [0.2, 0.25) is 0 Å². The summed E-state index contributed by atoms with van der Waals surface area (Å²) in [7, 11) is 0. The molecule has 2 aromatic rings. The second kappa shape index (κ2) is 5.78. The van der Waals surface area contributed by atoms with Crippen LogP contribution in [0.3, 0.4) is 0 Å². The zero-order chi connectivity index (χ0) is 13.0. The normalized spacial score (nSPS) is 10.1. The molecule has 0 radical (unpaired) electrons. The Morgan fingerprint density at radius 2 is 1.89 bits per heavy atom. The lowest BCUT2D eigenvalue weighted by atomic mass is 10.1. The maximum atomic E-state index is 12.9. The minimum atomic E-state index is -0.358. The summed E-state index contributed by atoms with van der Waals surface area (Å²) in [6, 6.07) is 12.9. The fourth-order valence-corrected chi connectivity index (χ4v) is 1.91. The number of ether oxygens (including phenoxy) is 1. The number of halogens is 2. The van der Waals surface area contributed by atoms with Gasteiger partial charge in [-0.05, 0) is 34.1 Å². The highest BCUT2D eigenvalue weighted by molar-refractivity contribution is 9.10. The van der Waals surface area contributed by atoms with Crippen LogP contribution in [0.25, 0.3) is 0 Å².